The molecule has 2 heterocycles. The monoisotopic (exact) mass is 437 g/mol. The van der Waals surface area contributed by atoms with E-state index in [1.165, 1.54) is 0 Å². The normalized spacial score (nSPS) is 13.4. The fourth-order valence-corrected chi connectivity index (χ4v) is 5.10. The number of nitrogens with zero attached hydrogens (tertiary/aromatic N) is 2. The van der Waals surface area contributed by atoms with E-state index in [2.05, 4.69) is 10.3 Å². The number of carbonyl (C=O) groups excluding carboxylic acids is 2. The van der Waals surface area contributed by atoms with Gasteiger partial charge in [0.2, 0.25) is 0 Å². The van der Waals surface area contributed by atoms with E-state index in [1.807, 2.05) is 41.5 Å². The Morgan fingerprint density at radius 1 is 1.03 bits per heavy atom. The molecule has 0 radical (unpaired) electrons. The Bertz CT molecular complexity index is 1020. The number of hydrogen-bond donors (Lipinski definition) is 1. The fourth-order valence-electron chi connectivity index (χ4n) is 3.30. The first kappa shape index (κ1) is 20.6. The lowest BCUT2D eigenvalue weighted by Crippen LogP contribution is -2.27. The Labute approximate surface area is 184 Å². The predicted octanol–water partition coefficient (Wildman–Crippen LogP) is 5.23. The first-order chi connectivity index (χ1) is 14.6. The van der Waals surface area contributed by atoms with Gasteiger partial charge in [-0.3, -0.25) is 9.59 Å². The molecule has 1 aliphatic rings. The van der Waals surface area contributed by atoms with E-state index in [0.717, 1.165) is 47.3 Å². The second kappa shape index (κ2) is 9.45. The largest absolute Gasteiger partial charge is 0.339 e. The highest BCUT2D eigenvalue weighted by Gasteiger charge is 2.19. The maximum Gasteiger partial charge on any atom is 0.255 e. The number of rotatable bonds is 6. The van der Waals surface area contributed by atoms with Crippen LogP contribution < -0.4 is 5.32 Å². The van der Waals surface area contributed by atoms with Gasteiger partial charge in [-0.2, -0.15) is 0 Å². The van der Waals surface area contributed by atoms with Crippen molar-refractivity contribution in [2.24, 2.45) is 0 Å². The van der Waals surface area contributed by atoms with Crippen LogP contribution >= 0.6 is 23.1 Å². The third-order valence-corrected chi connectivity index (χ3v) is 7.17. The van der Waals surface area contributed by atoms with Gasteiger partial charge in [-0.1, -0.05) is 23.9 Å². The van der Waals surface area contributed by atoms with E-state index in [4.69, 9.17) is 0 Å². The average molecular weight is 438 g/mol. The van der Waals surface area contributed by atoms with E-state index in [0.29, 0.717) is 16.8 Å². The summed E-state index contributed by atoms with van der Waals surface area (Å²) in [5.74, 6) is 0.719. The van der Waals surface area contributed by atoms with Gasteiger partial charge in [0.25, 0.3) is 11.8 Å². The SMILES string of the molecule is Cc1csc(SCc2ccc(C(=O)Nc3ccc(C(=O)N4CCCC4)cc3)cc2)n1. The fraction of sp³-hybridized carbons (Fsp3) is 0.261. The summed E-state index contributed by atoms with van der Waals surface area (Å²) in [7, 11) is 0. The Balaban J connectivity index is 1.32. The molecule has 4 rings (SSSR count). The van der Waals surface area contributed by atoms with E-state index >= 15 is 0 Å². The molecule has 0 unspecified atom stereocenters. The van der Waals surface area contributed by atoms with Crippen molar-refractivity contribution in [3.05, 3.63) is 76.3 Å². The van der Waals surface area contributed by atoms with Crippen LogP contribution in [0, 0.1) is 6.92 Å². The second-order valence-corrected chi connectivity index (χ2v) is 9.35. The molecule has 0 bridgehead atoms. The summed E-state index contributed by atoms with van der Waals surface area (Å²) < 4.78 is 1.06. The van der Waals surface area contributed by atoms with E-state index < -0.39 is 0 Å². The van der Waals surface area contributed by atoms with Crippen LogP contribution in [0.1, 0.15) is 44.8 Å². The Morgan fingerprint density at radius 3 is 2.33 bits per heavy atom. The van der Waals surface area contributed by atoms with Crippen LogP contribution in [0.2, 0.25) is 0 Å². The van der Waals surface area contributed by atoms with Crippen molar-refractivity contribution in [1.29, 1.82) is 0 Å². The number of thiazole rings is 1. The number of aryl methyl sites for hydroxylation is 1. The lowest BCUT2D eigenvalue weighted by Gasteiger charge is -2.15. The maximum atomic E-state index is 12.5. The topological polar surface area (TPSA) is 62.3 Å². The van der Waals surface area contributed by atoms with Crippen LogP contribution in [-0.2, 0) is 5.75 Å². The average Bonchev–Trinajstić information content (AvgIpc) is 3.44. The van der Waals surface area contributed by atoms with Gasteiger partial charge >= 0.3 is 0 Å². The molecule has 3 aromatic rings. The summed E-state index contributed by atoms with van der Waals surface area (Å²) in [5, 5.41) is 4.94. The molecular weight excluding hydrogens is 414 g/mol. The molecule has 7 heteroatoms. The summed E-state index contributed by atoms with van der Waals surface area (Å²) in [6.45, 7) is 3.65. The van der Waals surface area contributed by atoms with Gasteiger partial charge in [0.1, 0.15) is 4.34 Å². The molecule has 2 amide bonds. The van der Waals surface area contributed by atoms with Crippen molar-refractivity contribution in [1.82, 2.24) is 9.88 Å². The number of amides is 2. The number of benzene rings is 2. The highest BCUT2D eigenvalue weighted by molar-refractivity contribution is 8.00. The van der Waals surface area contributed by atoms with Crippen LogP contribution in [0.15, 0.2) is 58.3 Å². The zero-order valence-corrected chi connectivity index (χ0v) is 18.4. The minimum Gasteiger partial charge on any atom is -0.339 e. The molecule has 5 nitrogen and oxygen atoms in total. The summed E-state index contributed by atoms with van der Waals surface area (Å²) in [4.78, 5) is 31.3. The molecule has 1 N–H and O–H groups in total. The standard InChI is InChI=1S/C23H23N3O2S2/c1-16-14-29-23(24-16)30-15-17-4-6-18(7-5-17)21(27)25-20-10-8-19(9-11-20)22(28)26-12-2-3-13-26/h4-11,14H,2-3,12-13,15H2,1H3,(H,25,27). The molecule has 0 aliphatic carbocycles. The predicted molar refractivity (Wildman–Crippen MR) is 122 cm³/mol. The first-order valence-corrected chi connectivity index (χ1v) is 11.8. The van der Waals surface area contributed by atoms with Crippen molar-refractivity contribution < 1.29 is 9.59 Å². The van der Waals surface area contributed by atoms with Gasteiger partial charge in [-0.15, -0.1) is 11.3 Å². The van der Waals surface area contributed by atoms with Gasteiger partial charge < -0.3 is 10.2 Å². The van der Waals surface area contributed by atoms with Crippen molar-refractivity contribution >= 4 is 40.6 Å². The van der Waals surface area contributed by atoms with Gasteiger partial charge in [0, 0.05) is 46.7 Å². The second-order valence-electron chi connectivity index (χ2n) is 7.27. The van der Waals surface area contributed by atoms with E-state index in [9.17, 15) is 9.59 Å². The third kappa shape index (κ3) is 5.09. The summed E-state index contributed by atoms with van der Waals surface area (Å²) in [6, 6.07) is 14.7. The third-order valence-electron chi connectivity index (χ3n) is 4.96. The molecule has 0 spiro atoms. The van der Waals surface area contributed by atoms with Gasteiger partial charge in [0.05, 0.1) is 0 Å². The molecule has 30 heavy (non-hydrogen) atoms. The number of thioether (sulfide) groups is 1. The van der Waals surface area contributed by atoms with Crippen LogP contribution in [0.3, 0.4) is 0 Å². The van der Waals surface area contributed by atoms with Crippen molar-refractivity contribution in [3.63, 3.8) is 0 Å². The van der Waals surface area contributed by atoms with Crippen molar-refractivity contribution in [3.8, 4) is 0 Å². The molecule has 154 valence electrons. The molecule has 0 atom stereocenters. The van der Waals surface area contributed by atoms with Crippen molar-refractivity contribution in [2.45, 2.75) is 29.9 Å². The number of nitrogens with one attached hydrogen (secondary N) is 1. The number of carbonyl (C=O) groups is 2. The van der Waals surface area contributed by atoms with Crippen LogP contribution in [0.5, 0.6) is 0 Å². The van der Waals surface area contributed by atoms with Crippen LogP contribution in [0.4, 0.5) is 5.69 Å². The van der Waals surface area contributed by atoms with E-state index in [1.54, 1.807) is 47.4 Å². The summed E-state index contributed by atoms with van der Waals surface area (Å²) in [5.41, 5.74) is 4.13. The van der Waals surface area contributed by atoms with Gasteiger partial charge in [-0.05, 0) is 61.7 Å². The van der Waals surface area contributed by atoms with Crippen molar-refractivity contribution in [2.75, 3.05) is 18.4 Å². The highest BCUT2D eigenvalue weighted by Crippen LogP contribution is 2.26. The zero-order chi connectivity index (χ0) is 20.9. The quantitative estimate of drug-likeness (QED) is 0.536. The van der Waals surface area contributed by atoms with Gasteiger partial charge in [-0.25, -0.2) is 4.98 Å². The smallest absolute Gasteiger partial charge is 0.255 e. The lowest BCUT2D eigenvalue weighted by atomic mass is 10.1. The molecule has 0 saturated carbocycles. The molecule has 1 aromatic heterocycles. The molecule has 1 fully saturated rings. The Hall–Kier alpha value is -2.64. The first-order valence-electron chi connectivity index (χ1n) is 9.93. The Morgan fingerprint density at radius 2 is 1.70 bits per heavy atom. The Kier molecular flexibility index (Phi) is 6.50. The number of hydrogen-bond acceptors (Lipinski definition) is 5. The highest BCUT2D eigenvalue weighted by atomic mass is 32.2. The van der Waals surface area contributed by atoms with Gasteiger partial charge in [0.15, 0.2) is 0 Å². The molecule has 1 saturated heterocycles. The lowest BCUT2D eigenvalue weighted by molar-refractivity contribution is 0.0792. The zero-order valence-electron chi connectivity index (χ0n) is 16.8. The molecule has 2 aromatic carbocycles. The summed E-state index contributed by atoms with van der Waals surface area (Å²) in [6.07, 6.45) is 2.14. The van der Waals surface area contributed by atoms with Crippen LogP contribution in [0.25, 0.3) is 0 Å². The molecule has 1 aliphatic heterocycles. The number of aromatic nitrogens is 1. The number of anilines is 1. The number of likely N-dealkylation sites (tertiary alicyclic amines) is 1. The molecular formula is C23H23N3O2S2. The minimum atomic E-state index is -0.164. The minimum absolute atomic E-state index is 0.0618. The van der Waals surface area contributed by atoms with Crippen LogP contribution in [-0.4, -0.2) is 34.8 Å². The maximum absolute atomic E-state index is 12.5. The van der Waals surface area contributed by atoms with E-state index in [-0.39, 0.29) is 11.8 Å². The summed E-state index contributed by atoms with van der Waals surface area (Å²) >= 11 is 3.35.